The predicted molar refractivity (Wildman–Crippen MR) is 84.1 cm³/mol. The minimum atomic E-state index is -1.02. The van der Waals surface area contributed by atoms with E-state index >= 15 is 0 Å². The van der Waals surface area contributed by atoms with Gasteiger partial charge in [-0.25, -0.2) is 9.69 Å². The summed E-state index contributed by atoms with van der Waals surface area (Å²) in [6, 6.07) is 4.53. The summed E-state index contributed by atoms with van der Waals surface area (Å²) < 4.78 is 5.04. The van der Waals surface area contributed by atoms with Crippen molar-refractivity contribution in [1.29, 1.82) is 0 Å². The molecule has 0 fully saturated rings. The molecule has 2 heterocycles. The number of hydrogen-bond acceptors (Lipinski definition) is 5. The molecular formula is C17H16N2O5. The van der Waals surface area contributed by atoms with Gasteiger partial charge in [-0.3, -0.25) is 14.4 Å². The summed E-state index contributed by atoms with van der Waals surface area (Å²) in [6.07, 6.45) is 1.50. The minimum Gasteiger partial charge on any atom is -0.434 e. The van der Waals surface area contributed by atoms with Gasteiger partial charge in [0.15, 0.2) is 0 Å². The zero-order valence-corrected chi connectivity index (χ0v) is 13.3. The van der Waals surface area contributed by atoms with Gasteiger partial charge in [-0.1, -0.05) is 6.92 Å². The molecule has 0 saturated heterocycles. The number of fused-ring (bicyclic) bond motifs is 1. The van der Waals surface area contributed by atoms with E-state index in [0.29, 0.717) is 24.1 Å². The maximum absolute atomic E-state index is 12.5. The van der Waals surface area contributed by atoms with Gasteiger partial charge in [0.2, 0.25) is 12.1 Å². The Balaban J connectivity index is 1.87. The van der Waals surface area contributed by atoms with E-state index in [4.69, 9.17) is 4.74 Å². The van der Waals surface area contributed by atoms with Gasteiger partial charge in [-0.2, -0.15) is 0 Å². The van der Waals surface area contributed by atoms with Crippen LogP contribution in [0.25, 0.3) is 0 Å². The molecule has 7 nitrogen and oxygen atoms in total. The fraction of sp³-hybridized carbons (Fsp3) is 0.294. The Morgan fingerprint density at radius 3 is 2.54 bits per heavy atom. The fourth-order valence-electron chi connectivity index (χ4n) is 2.66. The lowest BCUT2D eigenvalue weighted by Crippen LogP contribution is -2.39. The lowest BCUT2D eigenvalue weighted by atomic mass is 10.1. The van der Waals surface area contributed by atoms with E-state index in [-0.39, 0.29) is 17.0 Å². The summed E-state index contributed by atoms with van der Waals surface area (Å²) in [4.78, 5) is 49.0. The molecule has 0 aromatic heterocycles. The number of nitrogens with zero attached hydrogens (tertiary/aromatic N) is 1. The van der Waals surface area contributed by atoms with Crippen LogP contribution in [-0.4, -0.2) is 34.8 Å². The Labute approximate surface area is 138 Å². The molecular weight excluding hydrogens is 312 g/mol. The first-order valence-corrected chi connectivity index (χ1v) is 7.63. The fourth-order valence-corrected chi connectivity index (χ4v) is 2.66. The Bertz CT molecular complexity index is 796. The standard InChI is InChI=1S/C17H16N2O5/c1-3-4-13(20)18-10-5-6-11-12(8-10)16(22)19(15(11)21)14-7-9(2)17(23)24-14/h5-8,14H,3-4H2,1-2H3,(H,18,20). The van der Waals surface area contributed by atoms with E-state index in [1.807, 2.05) is 6.92 Å². The Morgan fingerprint density at radius 1 is 1.21 bits per heavy atom. The first-order chi connectivity index (χ1) is 11.4. The highest BCUT2D eigenvalue weighted by molar-refractivity contribution is 6.22. The summed E-state index contributed by atoms with van der Waals surface area (Å²) in [6.45, 7) is 3.45. The number of ether oxygens (including phenoxy) is 1. The minimum absolute atomic E-state index is 0.158. The van der Waals surface area contributed by atoms with Gasteiger partial charge in [0.25, 0.3) is 11.8 Å². The van der Waals surface area contributed by atoms with Crippen molar-refractivity contribution >= 4 is 29.4 Å². The smallest absolute Gasteiger partial charge is 0.335 e. The number of nitrogens with one attached hydrogen (secondary N) is 1. The first-order valence-electron chi connectivity index (χ1n) is 7.63. The molecule has 1 aromatic carbocycles. The topological polar surface area (TPSA) is 92.8 Å². The normalized spacial score (nSPS) is 19.2. The highest BCUT2D eigenvalue weighted by Gasteiger charge is 2.43. The number of cyclic esters (lactones) is 1. The van der Waals surface area contributed by atoms with Gasteiger partial charge in [0.1, 0.15) is 0 Å². The van der Waals surface area contributed by atoms with E-state index in [1.165, 1.54) is 18.2 Å². The first kappa shape index (κ1) is 15.9. The molecule has 0 spiro atoms. The number of benzene rings is 1. The van der Waals surface area contributed by atoms with Crippen molar-refractivity contribution in [3.63, 3.8) is 0 Å². The van der Waals surface area contributed by atoms with Crippen LogP contribution < -0.4 is 5.32 Å². The van der Waals surface area contributed by atoms with Crippen LogP contribution in [0.2, 0.25) is 0 Å². The third kappa shape index (κ3) is 2.58. The number of hydrogen-bond donors (Lipinski definition) is 1. The molecule has 1 aromatic rings. The van der Waals surface area contributed by atoms with Crippen LogP contribution >= 0.6 is 0 Å². The van der Waals surface area contributed by atoms with E-state index in [2.05, 4.69) is 5.32 Å². The third-order valence-electron chi connectivity index (χ3n) is 3.88. The maximum Gasteiger partial charge on any atom is 0.335 e. The van der Waals surface area contributed by atoms with Gasteiger partial charge < -0.3 is 10.1 Å². The number of carbonyl (C=O) groups is 4. The van der Waals surface area contributed by atoms with E-state index in [0.717, 1.165) is 4.90 Å². The lowest BCUT2D eigenvalue weighted by molar-refractivity contribution is -0.143. The molecule has 3 rings (SSSR count). The van der Waals surface area contributed by atoms with Crippen molar-refractivity contribution in [3.8, 4) is 0 Å². The van der Waals surface area contributed by atoms with Gasteiger partial charge in [-0.15, -0.1) is 0 Å². The van der Waals surface area contributed by atoms with Crippen LogP contribution in [0.1, 0.15) is 47.4 Å². The molecule has 0 saturated carbocycles. The average molecular weight is 328 g/mol. The van der Waals surface area contributed by atoms with Crippen LogP contribution in [0.3, 0.4) is 0 Å². The Hall–Kier alpha value is -2.96. The van der Waals surface area contributed by atoms with Crippen molar-refractivity contribution in [1.82, 2.24) is 4.90 Å². The van der Waals surface area contributed by atoms with Crippen LogP contribution in [0.4, 0.5) is 5.69 Å². The average Bonchev–Trinajstić information content (AvgIpc) is 2.97. The largest absolute Gasteiger partial charge is 0.434 e. The number of amides is 3. The zero-order valence-electron chi connectivity index (χ0n) is 13.3. The van der Waals surface area contributed by atoms with Gasteiger partial charge in [-0.05, 0) is 37.6 Å². The quantitative estimate of drug-likeness (QED) is 0.672. The molecule has 0 bridgehead atoms. The van der Waals surface area contributed by atoms with Crippen LogP contribution in [0.15, 0.2) is 29.8 Å². The summed E-state index contributed by atoms with van der Waals surface area (Å²) in [7, 11) is 0. The highest BCUT2D eigenvalue weighted by Crippen LogP contribution is 2.30. The van der Waals surface area contributed by atoms with Crippen molar-refractivity contribution in [3.05, 3.63) is 41.0 Å². The summed E-state index contributed by atoms with van der Waals surface area (Å²) >= 11 is 0. The molecule has 0 aliphatic carbocycles. The van der Waals surface area contributed by atoms with E-state index in [1.54, 1.807) is 13.0 Å². The summed E-state index contributed by atoms with van der Waals surface area (Å²) in [5, 5.41) is 2.69. The second-order valence-electron chi connectivity index (χ2n) is 5.68. The van der Waals surface area contributed by atoms with Crippen molar-refractivity contribution < 1.29 is 23.9 Å². The molecule has 24 heavy (non-hydrogen) atoms. The monoisotopic (exact) mass is 328 g/mol. The molecule has 0 radical (unpaired) electrons. The van der Waals surface area contributed by atoms with Crippen LogP contribution in [0.5, 0.6) is 0 Å². The SMILES string of the molecule is CCCC(=O)Nc1ccc2c(c1)C(=O)N(C1C=C(C)C(=O)O1)C2=O. The van der Waals surface area contributed by atoms with E-state index < -0.39 is 24.0 Å². The molecule has 1 atom stereocenters. The van der Waals surface area contributed by atoms with Crippen molar-refractivity contribution in [2.75, 3.05) is 5.32 Å². The lowest BCUT2D eigenvalue weighted by Gasteiger charge is -2.19. The molecule has 124 valence electrons. The highest BCUT2D eigenvalue weighted by atomic mass is 16.6. The van der Waals surface area contributed by atoms with Crippen molar-refractivity contribution in [2.45, 2.75) is 32.9 Å². The molecule has 3 amide bonds. The van der Waals surface area contributed by atoms with Gasteiger partial charge in [0, 0.05) is 17.7 Å². The van der Waals surface area contributed by atoms with Crippen LogP contribution in [-0.2, 0) is 14.3 Å². The number of esters is 1. The Morgan fingerprint density at radius 2 is 1.92 bits per heavy atom. The van der Waals surface area contributed by atoms with Gasteiger partial charge >= 0.3 is 5.97 Å². The third-order valence-corrected chi connectivity index (χ3v) is 3.88. The summed E-state index contributed by atoms with van der Waals surface area (Å²) in [5.41, 5.74) is 1.21. The predicted octanol–water partition coefficient (Wildman–Crippen LogP) is 1.85. The van der Waals surface area contributed by atoms with Gasteiger partial charge in [0.05, 0.1) is 11.1 Å². The number of carbonyl (C=O) groups excluding carboxylic acids is 4. The maximum atomic E-state index is 12.5. The zero-order chi connectivity index (χ0) is 17.4. The molecule has 7 heteroatoms. The summed E-state index contributed by atoms with van der Waals surface area (Å²) in [5.74, 6) is -1.78. The second-order valence-corrected chi connectivity index (χ2v) is 5.68. The molecule has 2 aliphatic rings. The van der Waals surface area contributed by atoms with E-state index in [9.17, 15) is 19.2 Å². The molecule has 1 unspecified atom stereocenters. The molecule has 1 N–H and O–H groups in total. The van der Waals surface area contributed by atoms with Crippen molar-refractivity contribution in [2.24, 2.45) is 0 Å². The van der Waals surface area contributed by atoms with Crippen LogP contribution in [0, 0.1) is 0 Å². The number of rotatable bonds is 4. The second kappa shape index (κ2) is 5.92. The number of imide groups is 1. The Kier molecular flexibility index (Phi) is 3.92. The molecule has 2 aliphatic heterocycles. The number of anilines is 1.